The van der Waals surface area contributed by atoms with Crippen LogP contribution in [0, 0.1) is 13.8 Å². The largest absolute Gasteiger partial charge is 0.494 e. The van der Waals surface area contributed by atoms with Gasteiger partial charge in [0.2, 0.25) is 11.8 Å². The number of ether oxygens (including phenoxy) is 1. The highest BCUT2D eigenvalue weighted by Crippen LogP contribution is 2.19. The first kappa shape index (κ1) is 28.0. The van der Waals surface area contributed by atoms with Crippen molar-refractivity contribution in [1.82, 2.24) is 10.2 Å². The molecule has 0 spiro atoms. The van der Waals surface area contributed by atoms with Crippen molar-refractivity contribution in [2.24, 2.45) is 0 Å². The molecule has 0 fully saturated rings. The van der Waals surface area contributed by atoms with Gasteiger partial charge >= 0.3 is 0 Å². The molecule has 3 aromatic rings. The van der Waals surface area contributed by atoms with Gasteiger partial charge in [-0.05, 0) is 64.3 Å². The smallest absolute Gasteiger partial charge is 0.243 e. The number of benzene rings is 3. The molecule has 5 nitrogen and oxygen atoms in total. The molecule has 0 aliphatic rings. The summed E-state index contributed by atoms with van der Waals surface area (Å²) < 4.78 is 5.84. The van der Waals surface area contributed by atoms with E-state index >= 15 is 0 Å². The van der Waals surface area contributed by atoms with E-state index in [1.807, 2.05) is 107 Å². The van der Waals surface area contributed by atoms with Gasteiger partial charge < -0.3 is 15.0 Å². The summed E-state index contributed by atoms with van der Waals surface area (Å²) in [5, 5.41) is 3.11. The van der Waals surface area contributed by atoms with Gasteiger partial charge in [-0.2, -0.15) is 0 Å². The van der Waals surface area contributed by atoms with Gasteiger partial charge in [-0.25, -0.2) is 0 Å². The fourth-order valence-corrected chi connectivity index (χ4v) is 4.21. The van der Waals surface area contributed by atoms with E-state index in [9.17, 15) is 9.59 Å². The Bertz CT molecular complexity index is 1150. The third-order valence-corrected chi connectivity index (χ3v) is 6.03. The number of carbonyl (C=O) groups is 2. The van der Waals surface area contributed by atoms with E-state index in [0.29, 0.717) is 32.4 Å². The van der Waals surface area contributed by atoms with Crippen LogP contribution in [0.3, 0.4) is 0 Å². The number of rotatable bonds is 11. The predicted octanol–water partition coefficient (Wildman–Crippen LogP) is 6.02. The zero-order chi connectivity index (χ0) is 26.8. The molecule has 0 bridgehead atoms. The normalized spacial score (nSPS) is 12.0. The van der Waals surface area contributed by atoms with Crippen LogP contribution in [0.25, 0.3) is 0 Å². The summed E-state index contributed by atoms with van der Waals surface area (Å²) in [6.07, 6.45) is 1.31. The zero-order valence-corrected chi connectivity index (χ0v) is 22.8. The van der Waals surface area contributed by atoms with Crippen molar-refractivity contribution in [3.63, 3.8) is 0 Å². The molecule has 0 aliphatic heterocycles. The highest BCUT2D eigenvalue weighted by Gasteiger charge is 2.32. The standard InChI is InChI=1S/C32H40N2O3/c1-24-16-18-28(19-17-24)37-20-10-15-30(35)34(23-27-14-9-11-25(2)21-27)29(31(36)33-32(3,4)5)22-26-12-7-6-8-13-26/h6-9,11-14,16-19,21,29H,10,15,20,22-23H2,1-5H3,(H,33,36)/t29-/m1/s1. The second kappa shape index (κ2) is 13.1. The van der Waals surface area contributed by atoms with E-state index in [0.717, 1.165) is 22.4 Å². The molecule has 0 radical (unpaired) electrons. The van der Waals surface area contributed by atoms with Crippen LogP contribution in [0.4, 0.5) is 0 Å². The fraction of sp³-hybridized carbons (Fsp3) is 0.375. The van der Waals surface area contributed by atoms with E-state index in [-0.39, 0.29) is 11.8 Å². The Kier molecular flexibility index (Phi) is 9.90. The topological polar surface area (TPSA) is 58.6 Å². The summed E-state index contributed by atoms with van der Waals surface area (Å²) in [4.78, 5) is 29.0. The number of amides is 2. The number of hydrogen-bond acceptors (Lipinski definition) is 3. The Morgan fingerprint density at radius 1 is 0.865 bits per heavy atom. The van der Waals surface area contributed by atoms with E-state index in [1.54, 1.807) is 4.90 Å². The average molecular weight is 501 g/mol. The van der Waals surface area contributed by atoms with Gasteiger partial charge in [-0.1, -0.05) is 77.9 Å². The van der Waals surface area contributed by atoms with Crippen molar-refractivity contribution in [1.29, 1.82) is 0 Å². The Balaban J connectivity index is 1.81. The molecule has 5 heteroatoms. The third-order valence-electron chi connectivity index (χ3n) is 6.03. The lowest BCUT2D eigenvalue weighted by molar-refractivity contribution is -0.142. The quantitative estimate of drug-likeness (QED) is 0.328. The highest BCUT2D eigenvalue weighted by molar-refractivity contribution is 5.88. The van der Waals surface area contributed by atoms with Gasteiger partial charge in [0.05, 0.1) is 6.61 Å². The number of carbonyl (C=O) groups excluding carboxylic acids is 2. The molecule has 0 saturated heterocycles. The predicted molar refractivity (Wildman–Crippen MR) is 149 cm³/mol. The van der Waals surface area contributed by atoms with Crippen LogP contribution in [0.5, 0.6) is 5.75 Å². The van der Waals surface area contributed by atoms with Crippen LogP contribution in [-0.2, 0) is 22.6 Å². The maximum absolute atomic E-state index is 13.7. The molecule has 3 aromatic carbocycles. The van der Waals surface area contributed by atoms with Gasteiger partial charge in [0.25, 0.3) is 0 Å². The van der Waals surface area contributed by atoms with E-state index in [1.165, 1.54) is 5.56 Å². The molecule has 0 saturated carbocycles. The zero-order valence-electron chi connectivity index (χ0n) is 22.8. The average Bonchev–Trinajstić information content (AvgIpc) is 2.84. The van der Waals surface area contributed by atoms with Crippen LogP contribution in [-0.4, -0.2) is 34.9 Å². The number of nitrogens with one attached hydrogen (secondary N) is 1. The van der Waals surface area contributed by atoms with Crippen LogP contribution >= 0.6 is 0 Å². The summed E-state index contributed by atoms with van der Waals surface area (Å²) in [7, 11) is 0. The Hall–Kier alpha value is -3.60. The molecule has 0 heterocycles. The number of nitrogens with zero attached hydrogens (tertiary/aromatic N) is 1. The Morgan fingerprint density at radius 3 is 2.19 bits per heavy atom. The monoisotopic (exact) mass is 500 g/mol. The van der Waals surface area contributed by atoms with Gasteiger partial charge in [0, 0.05) is 24.9 Å². The van der Waals surface area contributed by atoms with E-state index < -0.39 is 11.6 Å². The van der Waals surface area contributed by atoms with Gasteiger partial charge in [-0.15, -0.1) is 0 Å². The summed E-state index contributed by atoms with van der Waals surface area (Å²) in [6, 6.07) is 25.2. The first-order valence-corrected chi connectivity index (χ1v) is 13.0. The summed E-state index contributed by atoms with van der Waals surface area (Å²) in [6.45, 7) is 10.7. The first-order chi connectivity index (χ1) is 17.6. The van der Waals surface area contributed by atoms with Crippen LogP contribution in [0.15, 0.2) is 78.9 Å². The van der Waals surface area contributed by atoms with Crippen LogP contribution in [0.1, 0.15) is 55.9 Å². The molecule has 37 heavy (non-hydrogen) atoms. The van der Waals surface area contributed by atoms with E-state index in [2.05, 4.69) is 11.4 Å². The molecular formula is C32H40N2O3. The summed E-state index contributed by atoms with van der Waals surface area (Å²) in [5.41, 5.74) is 3.90. The maximum atomic E-state index is 13.7. The molecule has 3 rings (SSSR count). The van der Waals surface area contributed by atoms with Crippen molar-refractivity contribution < 1.29 is 14.3 Å². The first-order valence-electron chi connectivity index (χ1n) is 13.0. The minimum atomic E-state index is -0.632. The molecule has 0 aliphatic carbocycles. The highest BCUT2D eigenvalue weighted by atomic mass is 16.5. The molecular weight excluding hydrogens is 460 g/mol. The van der Waals surface area contributed by atoms with Gasteiger partial charge in [0.15, 0.2) is 0 Å². The summed E-state index contributed by atoms with van der Waals surface area (Å²) >= 11 is 0. The second-order valence-corrected chi connectivity index (χ2v) is 10.7. The van der Waals surface area contributed by atoms with E-state index in [4.69, 9.17) is 4.74 Å². The van der Waals surface area contributed by atoms with Crippen molar-refractivity contribution in [2.75, 3.05) is 6.61 Å². The lowest BCUT2D eigenvalue weighted by Crippen LogP contribution is -2.54. The third kappa shape index (κ3) is 9.41. The second-order valence-electron chi connectivity index (χ2n) is 10.7. The molecule has 0 aromatic heterocycles. The Labute approximate surface area is 221 Å². The van der Waals surface area contributed by atoms with Crippen LogP contribution < -0.4 is 10.1 Å². The molecule has 1 N–H and O–H groups in total. The van der Waals surface area contributed by atoms with Crippen molar-refractivity contribution in [3.05, 3.63) is 101 Å². The van der Waals surface area contributed by atoms with Crippen molar-refractivity contribution in [2.45, 2.75) is 72.0 Å². The maximum Gasteiger partial charge on any atom is 0.243 e. The molecule has 1 atom stereocenters. The van der Waals surface area contributed by atoms with Crippen molar-refractivity contribution in [3.8, 4) is 5.75 Å². The molecule has 2 amide bonds. The lowest BCUT2D eigenvalue weighted by Gasteiger charge is -2.34. The Morgan fingerprint density at radius 2 is 1.54 bits per heavy atom. The molecule has 0 unspecified atom stereocenters. The minimum Gasteiger partial charge on any atom is -0.494 e. The number of hydrogen-bond donors (Lipinski definition) is 1. The minimum absolute atomic E-state index is 0.0565. The van der Waals surface area contributed by atoms with Crippen molar-refractivity contribution >= 4 is 11.8 Å². The van der Waals surface area contributed by atoms with Gasteiger partial charge in [-0.3, -0.25) is 9.59 Å². The summed E-state index contributed by atoms with van der Waals surface area (Å²) in [5.74, 6) is 0.591. The van der Waals surface area contributed by atoms with Crippen LogP contribution in [0.2, 0.25) is 0 Å². The molecule has 196 valence electrons. The fourth-order valence-electron chi connectivity index (χ4n) is 4.21. The number of aryl methyl sites for hydroxylation is 2. The van der Waals surface area contributed by atoms with Gasteiger partial charge in [0.1, 0.15) is 11.8 Å². The lowest BCUT2D eigenvalue weighted by atomic mass is 10.00. The SMILES string of the molecule is Cc1ccc(OCCCC(=O)N(Cc2cccc(C)c2)[C@H](Cc2ccccc2)C(=O)NC(C)(C)C)cc1.